The molecular formula is C14H22O. The zero-order valence-electron chi connectivity index (χ0n) is 10.7. The second kappa shape index (κ2) is 6.39. The summed E-state index contributed by atoms with van der Waals surface area (Å²) in [5.41, 5.74) is 3.35. The largest absolute Gasteiger partial charge is 0.295 e. The second-order valence-electron chi connectivity index (χ2n) is 3.78. The third-order valence-electron chi connectivity index (χ3n) is 2.31. The molecule has 0 aromatic heterocycles. The van der Waals surface area contributed by atoms with Gasteiger partial charge in [-0.15, -0.1) is 0 Å². The van der Waals surface area contributed by atoms with Gasteiger partial charge in [-0.3, -0.25) is 4.79 Å². The van der Waals surface area contributed by atoms with Gasteiger partial charge in [0.05, 0.1) is 0 Å². The standard InChI is InChI=1S/C12H16O.C2H6/c1-8(2)12-7-11(10(4)13)6-5-9(12)3;1-2/h5-8H,1-4H3;1-2H3. The summed E-state index contributed by atoms with van der Waals surface area (Å²) < 4.78 is 0. The van der Waals surface area contributed by atoms with E-state index in [0.29, 0.717) is 5.92 Å². The molecule has 0 amide bonds. The monoisotopic (exact) mass is 206 g/mol. The molecule has 0 aliphatic carbocycles. The molecule has 0 radical (unpaired) electrons. The number of hydrogen-bond acceptors (Lipinski definition) is 1. The first-order valence-electron chi connectivity index (χ1n) is 5.64. The molecule has 0 heterocycles. The van der Waals surface area contributed by atoms with Crippen LogP contribution in [0.5, 0.6) is 0 Å². The number of benzene rings is 1. The van der Waals surface area contributed by atoms with Gasteiger partial charge in [0.1, 0.15) is 0 Å². The van der Waals surface area contributed by atoms with Crippen LogP contribution in [0, 0.1) is 6.92 Å². The third kappa shape index (κ3) is 3.86. The summed E-state index contributed by atoms with van der Waals surface area (Å²) >= 11 is 0. The Kier molecular flexibility index (Phi) is 5.92. The van der Waals surface area contributed by atoms with Crippen LogP contribution in [0.1, 0.15) is 62.0 Å². The number of carbonyl (C=O) groups excluding carboxylic acids is 1. The molecule has 0 N–H and O–H groups in total. The van der Waals surface area contributed by atoms with Crippen LogP contribution < -0.4 is 0 Å². The number of Topliss-reactive ketones (excluding diaryl/α,β-unsaturated/α-hetero) is 1. The highest BCUT2D eigenvalue weighted by atomic mass is 16.1. The molecule has 1 nitrogen and oxygen atoms in total. The first kappa shape index (κ1) is 13.9. The molecule has 0 aliphatic heterocycles. The fraction of sp³-hybridized carbons (Fsp3) is 0.500. The molecule has 0 spiro atoms. The van der Waals surface area contributed by atoms with Crippen LogP contribution in [0.3, 0.4) is 0 Å². The van der Waals surface area contributed by atoms with Gasteiger partial charge in [0.2, 0.25) is 0 Å². The second-order valence-corrected chi connectivity index (χ2v) is 3.78. The van der Waals surface area contributed by atoms with Gasteiger partial charge in [-0.2, -0.15) is 0 Å². The molecule has 84 valence electrons. The molecule has 0 saturated carbocycles. The van der Waals surface area contributed by atoms with Gasteiger partial charge in [-0.1, -0.05) is 39.8 Å². The molecule has 15 heavy (non-hydrogen) atoms. The molecule has 0 unspecified atom stereocenters. The van der Waals surface area contributed by atoms with Crippen LogP contribution in [0.25, 0.3) is 0 Å². The summed E-state index contributed by atoms with van der Waals surface area (Å²) in [7, 11) is 0. The lowest BCUT2D eigenvalue weighted by atomic mass is 9.95. The van der Waals surface area contributed by atoms with E-state index < -0.39 is 0 Å². The van der Waals surface area contributed by atoms with Crippen molar-refractivity contribution < 1.29 is 4.79 Å². The maximum absolute atomic E-state index is 11.1. The summed E-state index contributed by atoms with van der Waals surface area (Å²) in [6, 6.07) is 5.91. The molecule has 0 saturated heterocycles. The van der Waals surface area contributed by atoms with E-state index in [9.17, 15) is 4.79 Å². The Labute approximate surface area is 93.5 Å². The molecule has 1 heteroatoms. The minimum absolute atomic E-state index is 0.141. The maximum Gasteiger partial charge on any atom is 0.159 e. The Morgan fingerprint density at radius 2 is 1.73 bits per heavy atom. The highest BCUT2D eigenvalue weighted by molar-refractivity contribution is 5.94. The zero-order valence-corrected chi connectivity index (χ0v) is 10.7. The quantitative estimate of drug-likeness (QED) is 0.657. The van der Waals surface area contributed by atoms with Crippen molar-refractivity contribution in [3.05, 3.63) is 34.9 Å². The fourth-order valence-corrected chi connectivity index (χ4v) is 1.48. The van der Waals surface area contributed by atoms with E-state index in [-0.39, 0.29) is 5.78 Å². The van der Waals surface area contributed by atoms with Gasteiger partial charge in [0.15, 0.2) is 5.78 Å². The minimum Gasteiger partial charge on any atom is -0.295 e. The van der Waals surface area contributed by atoms with Crippen molar-refractivity contribution in [3.8, 4) is 0 Å². The van der Waals surface area contributed by atoms with E-state index in [0.717, 1.165) is 5.56 Å². The number of hydrogen-bond donors (Lipinski definition) is 0. The molecule has 0 fully saturated rings. The van der Waals surface area contributed by atoms with Gasteiger partial charge in [-0.25, -0.2) is 0 Å². The van der Waals surface area contributed by atoms with Gasteiger partial charge in [-0.05, 0) is 37.0 Å². The highest BCUT2D eigenvalue weighted by Crippen LogP contribution is 2.20. The Morgan fingerprint density at radius 1 is 1.20 bits per heavy atom. The average molecular weight is 206 g/mol. The van der Waals surface area contributed by atoms with Crippen LogP contribution in [0.2, 0.25) is 0 Å². The predicted octanol–water partition coefficient (Wildman–Crippen LogP) is 4.35. The first-order valence-corrected chi connectivity index (χ1v) is 5.64. The van der Waals surface area contributed by atoms with E-state index in [1.54, 1.807) is 6.92 Å². The van der Waals surface area contributed by atoms with Crippen molar-refractivity contribution in [2.75, 3.05) is 0 Å². The van der Waals surface area contributed by atoms with Crippen LogP contribution in [0.4, 0.5) is 0 Å². The molecular weight excluding hydrogens is 184 g/mol. The van der Waals surface area contributed by atoms with Crippen molar-refractivity contribution >= 4 is 5.78 Å². The van der Waals surface area contributed by atoms with Crippen molar-refractivity contribution in [1.82, 2.24) is 0 Å². The lowest BCUT2D eigenvalue weighted by Crippen LogP contribution is -1.97. The third-order valence-corrected chi connectivity index (χ3v) is 2.31. The van der Waals surface area contributed by atoms with E-state index in [2.05, 4.69) is 20.8 Å². The summed E-state index contributed by atoms with van der Waals surface area (Å²) in [6.07, 6.45) is 0. The number of carbonyl (C=O) groups is 1. The highest BCUT2D eigenvalue weighted by Gasteiger charge is 2.06. The summed E-state index contributed by atoms with van der Waals surface area (Å²) in [4.78, 5) is 11.1. The van der Waals surface area contributed by atoms with Crippen molar-refractivity contribution in [2.45, 2.75) is 47.5 Å². The van der Waals surface area contributed by atoms with E-state index in [4.69, 9.17) is 0 Å². The minimum atomic E-state index is 0.141. The fourth-order valence-electron chi connectivity index (χ4n) is 1.48. The lowest BCUT2D eigenvalue weighted by molar-refractivity contribution is 0.101. The van der Waals surface area contributed by atoms with Crippen LogP contribution >= 0.6 is 0 Å². The zero-order chi connectivity index (χ0) is 12.0. The molecule has 1 rings (SSSR count). The normalized spacial score (nSPS) is 9.53. The predicted molar refractivity (Wildman–Crippen MR) is 66.6 cm³/mol. The smallest absolute Gasteiger partial charge is 0.159 e. The Balaban J connectivity index is 0.000000921. The topological polar surface area (TPSA) is 17.1 Å². The van der Waals surface area contributed by atoms with Crippen molar-refractivity contribution in [1.29, 1.82) is 0 Å². The molecule has 1 aromatic carbocycles. The van der Waals surface area contributed by atoms with Crippen LogP contribution in [-0.2, 0) is 0 Å². The van der Waals surface area contributed by atoms with E-state index >= 15 is 0 Å². The van der Waals surface area contributed by atoms with Gasteiger partial charge in [0, 0.05) is 5.56 Å². The summed E-state index contributed by atoms with van der Waals surface area (Å²) in [5, 5.41) is 0. The maximum atomic E-state index is 11.1. The van der Waals surface area contributed by atoms with E-state index in [1.165, 1.54) is 11.1 Å². The van der Waals surface area contributed by atoms with Crippen LogP contribution in [-0.4, -0.2) is 5.78 Å². The molecule has 0 aliphatic rings. The Hall–Kier alpha value is -1.11. The number of rotatable bonds is 2. The molecule has 0 bridgehead atoms. The van der Waals surface area contributed by atoms with Crippen molar-refractivity contribution in [2.24, 2.45) is 0 Å². The summed E-state index contributed by atoms with van der Waals surface area (Å²) in [5.74, 6) is 0.626. The SMILES string of the molecule is CC.CC(=O)c1ccc(C)c(C(C)C)c1. The molecule has 0 atom stereocenters. The number of aryl methyl sites for hydroxylation is 1. The van der Waals surface area contributed by atoms with Gasteiger partial charge in [0.25, 0.3) is 0 Å². The first-order chi connectivity index (χ1) is 7.02. The Morgan fingerprint density at radius 3 is 2.13 bits per heavy atom. The lowest BCUT2D eigenvalue weighted by Gasteiger charge is -2.10. The Bertz CT molecular complexity index is 324. The average Bonchev–Trinajstić information content (AvgIpc) is 2.20. The van der Waals surface area contributed by atoms with Gasteiger partial charge < -0.3 is 0 Å². The van der Waals surface area contributed by atoms with E-state index in [1.807, 2.05) is 32.0 Å². The number of ketones is 1. The summed E-state index contributed by atoms with van der Waals surface area (Å²) in [6.45, 7) is 12.0. The van der Waals surface area contributed by atoms with Crippen LogP contribution in [0.15, 0.2) is 18.2 Å². The van der Waals surface area contributed by atoms with Gasteiger partial charge >= 0.3 is 0 Å². The molecule has 1 aromatic rings. The van der Waals surface area contributed by atoms with Crippen molar-refractivity contribution in [3.63, 3.8) is 0 Å².